The number of likely N-dealkylation sites (tertiary alicyclic amines) is 1. The summed E-state index contributed by atoms with van der Waals surface area (Å²) in [4.78, 5) is 19.7. The fourth-order valence-corrected chi connectivity index (χ4v) is 4.47. The smallest absolute Gasteiger partial charge is 0.258 e. The lowest BCUT2D eigenvalue weighted by Crippen LogP contribution is -2.46. The Balaban J connectivity index is 1.62. The lowest BCUT2D eigenvalue weighted by molar-refractivity contribution is 0.0537. The molecule has 122 valence electrons. The molecule has 0 aromatic carbocycles. The zero-order valence-electron chi connectivity index (χ0n) is 13.9. The second-order valence-electron chi connectivity index (χ2n) is 7.24. The lowest BCUT2D eigenvalue weighted by Gasteiger charge is -2.44. The standard InChI is InChI=1S/C19H25N3O/c1-14-8-9-18-20-16(11-19(23)22(18)12-14)13-21-10-4-6-15-5-2-3-7-17(15)21/h8-9,11-12,15,17H,2-7,10,13H2,1H3/t15-,17+/m0/s1. The van der Waals surface area contributed by atoms with E-state index in [1.807, 2.05) is 25.3 Å². The maximum atomic E-state index is 12.4. The van der Waals surface area contributed by atoms with Crippen LogP contribution in [0.2, 0.25) is 0 Å². The van der Waals surface area contributed by atoms with E-state index >= 15 is 0 Å². The molecular weight excluding hydrogens is 286 g/mol. The monoisotopic (exact) mass is 311 g/mol. The third-order valence-electron chi connectivity index (χ3n) is 5.58. The van der Waals surface area contributed by atoms with E-state index in [1.54, 1.807) is 10.5 Å². The molecule has 0 radical (unpaired) electrons. The van der Waals surface area contributed by atoms with Gasteiger partial charge in [0.1, 0.15) is 5.65 Å². The summed E-state index contributed by atoms with van der Waals surface area (Å²) in [6.07, 6.45) is 9.98. The highest BCUT2D eigenvalue weighted by molar-refractivity contribution is 5.39. The first-order valence-corrected chi connectivity index (χ1v) is 8.94. The molecule has 4 heteroatoms. The number of aryl methyl sites for hydroxylation is 1. The van der Waals surface area contributed by atoms with Gasteiger partial charge in [-0.3, -0.25) is 14.1 Å². The predicted octanol–water partition coefficient (Wildman–Crippen LogP) is 3.16. The number of pyridine rings is 1. The van der Waals surface area contributed by atoms with Crippen molar-refractivity contribution in [3.05, 3.63) is 46.0 Å². The van der Waals surface area contributed by atoms with Gasteiger partial charge in [-0.05, 0) is 56.7 Å². The van der Waals surface area contributed by atoms with E-state index in [1.165, 1.54) is 38.5 Å². The summed E-state index contributed by atoms with van der Waals surface area (Å²) in [5.74, 6) is 0.863. The average Bonchev–Trinajstić information content (AvgIpc) is 2.56. The minimum atomic E-state index is 0.0332. The van der Waals surface area contributed by atoms with Crippen LogP contribution >= 0.6 is 0 Å². The molecule has 2 aliphatic rings. The molecule has 0 unspecified atom stereocenters. The number of piperidine rings is 1. The van der Waals surface area contributed by atoms with Gasteiger partial charge in [0.25, 0.3) is 5.56 Å². The Morgan fingerprint density at radius 1 is 1.17 bits per heavy atom. The van der Waals surface area contributed by atoms with Gasteiger partial charge in [0.2, 0.25) is 0 Å². The van der Waals surface area contributed by atoms with Crippen LogP contribution in [0.4, 0.5) is 0 Å². The number of fused-ring (bicyclic) bond motifs is 2. The fourth-order valence-electron chi connectivity index (χ4n) is 4.47. The Labute approximate surface area is 137 Å². The van der Waals surface area contributed by atoms with E-state index in [0.29, 0.717) is 6.04 Å². The topological polar surface area (TPSA) is 37.6 Å². The van der Waals surface area contributed by atoms with E-state index in [2.05, 4.69) is 4.90 Å². The summed E-state index contributed by atoms with van der Waals surface area (Å²) < 4.78 is 1.65. The first-order valence-electron chi connectivity index (χ1n) is 8.94. The molecular formula is C19H25N3O. The molecule has 23 heavy (non-hydrogen) atoms. The van der Waals surface area contributed by atoms with Crippen LogP contribution in [0.25, 0.3) is 5.65 Å². The average molecular weight is 311 g/mol. The first kappa shape index (κ1) is 14.9. The van der Waals surface area contributed by atoms with Gasteiger partial charge in [-0.15, -0.1) is 0 Å². The summed E-state index contributed by atoms with van der Waals surface area (Å²) in [7, 11) is 0. The molecule has 2 aromatic heterocycles. The Kier molecular flexibility index (Phi) is 3.93. The molecule has 0 spiro atoms. The molecule has 3 heterocycles. The highest BCUT2D eigenvalue weighted by Crippen LogP contribution is 2.35. The van der Waals surface area contributed by atoms with E-state index in [-0.39, 0.29) is 5.56 Å². The molecule has 2 fully saturated rings. The third-order valence-corrected chi connectivity index (χ3v) is 5.58. The van der Waals surface area contributed by atoms with E-state index in [9.17, 15) is 4.79 Å². The van der Waals surface area contributed by atoms with Gasteiger partial charge in [0.15, 0.2) is 0 Å². The minimum Gasteiger partial charge on any atom is -0.294 e. The summed E-state index contributed by atoms with van der Waals surface area (Å²) in [5, 5.41) is 0. The van der Waals surface area contributed by atoms with Gasteiger partial charge < -0.3 is 0 Å². The summed E-state index contributed by atoms with van der Waals surface area (Å²) >= 11 is 0. The SMILES string of the molecule is Cc1ccc2nc(CN3CCC[C@@H]4CCCC[C@H]43)cc(=O)n2c1. The van der Waals surface area contributed by atoms with Crippen LogP contribution in [0.3, 0.4) is 0 Å². The second-order valence-corrected chi connectivity index (χ2v) is 7.24. The van der Waals surface area contributed by atoms with Crippen LogP contribution in [-0.4, -0.2) is 26.9 Å². The summed E-state index contributed by atoms with van der Waals surface area (Å²) in [5.41, 5.74) is 2.79. The summed E-state index contributed by atoms with van der Waals surface area (Å²) in [6.45, 7) is 3.97. The number of nitrogens with zero attached hydrogens (tertiary/aromatic N) is 3. The Morgan fingerprint density at radius 3 is 2.91 bits per heavy atom. The molecule has 0 N–H and O–H groups in total. The minimum absolute atomic E-state index is 0.0332. The molecule has 4 nitrogen and oxygen atoms in total. The van der Waals surface area contributed by atoms with Crippen molar-refractivity contribution in [1.82, 2.24) is 14.3 Å². The normalized spacial score (nSPS) is 25.4. The van der Waals surface area contributed by atoms with Crippen molar-refractivity contribution in [2.45, 2.75) is 58.0 Å². The highest BCUT2D eigenvalue weighted by Gasteiger charge is 2.33. The van der Waals surface area contributed by atoms with E-state index in [4.69, 9.17) is 4.98 Å². The molecule has 2 atom stereocenters. The highest BCUT2D eigenvalue weighted by atomic mass is 16.1. The molecule has 0 amide bonds. The third kappa shape index (κ3) is 2.92. The zero-order chi connectivity index (χ0) is 15.8. The Morgan fingerprint density at radius 2 is 2.00 bits per heavy atom. The van der Waals surface area contributed by atoms with Crippen molar-refractivity contribution in [1.29, 1.82) is 0 Å². The van der Waals surface area contributed by atoms with Crippen LogP contribution in [0, 0.1) is 12.8 Å². The largest absolute Gasteiger partial charge is 0.294 e. The van der Waals surface area contributed by atoms with Gasteiger partial charge >= 0.3 is 0 Å². The van der Waals surface area contributed by atoms with E-state index in [0.717, 1.165) is 35.9 Å². The quantitative estimate of drug-likeness (QED) is 0.855. The van der Waals surface area contributed by atoms with Crippen LogP contribution in [0.1, 0.15) is 49.8 Å². The van der Waals surface area contributed by atoms with Crippen LogP contribution in [-0.2, 0) is 6.54 Å². The van der Waals surface area contributed by atoms with Crippen molar-refractivity contribution in [3.63, 3.8) is 0 Å². The van der Waals surface area contributed by atoms with Gasteiger partial charge in [-0.1, -0.05) is 18.9 Å². The van der Waals surface area contributed by atoms with Crippen molar-refractivity contribution in [2.24, 2.45) is 5.92 Å². The van der Waals surface area contributed by atoms with Gasteiger partial charge in [-0.2, -0.15) is 0 Å². The van der Waals surface area contributed by atoms with Gasteiger partial charge in [0, 0.05) is 24.8 Å². The molecule has 1 saturated carbocycles. The molecule has 0 bridgehead atoms. The fraction of sp³-hybridized carbons (Fsp3) is 0.579. The van der Waals surface area contributed by atoms with Crippen molar-refractivity contribution in [3.8, 4) is 0 Å². The zero-order valence-corrected chi connectivity index (χ0v) is 13.9. The maximum absolute atomic E-state index is 12.4. The molecule has 2 aromatic rings. The second kappa shape index (κ2) is 6.08. The van der Waals surface area contributed by atoms with Crippen LogP contribution < -0.4 is 5.56 Å². The molecule has 1 aliphatic carbocycles. The van der Waals surface area contributed by atoms with Crippen molar-refractivity contribution >= 4 is 5.65 Å². The maximum Gasteiger partial charge on any atom is 0.258 e. The van der Waals surface area contributed by atoms with Crippen molar-refractivity contribution in [2.75, 3.05) is 6.54 Å². The van der Waals surface area contributed by atoms with Gasteiger partial charge in [-0.25, -0.2) is 4.98 Å². The van der Waals surface area contributed by atoms with Crippen LogP contribution in [0.15, 0.2) is 29.2 Å². The number of rotatable bonds is 2. The van der Waals surface area contributed by atoms with Crippen LogP contribution in [0.5, 0.6) is 0 Å². The number of hydrogen-bond acceptors (Lipinski definition) is 3. The summed E-state index contributed by atoms with van der Waals surface area (Å²) in [6, 6.07) is 6.39. The van der Waals surface area contributed by atoms with Crippen molar-refractivity contribution < 1.29 is 0 Å². The van der Waals surface area contributed by atoms with E-state index < -0.39 is 0 Å². The lowest BCUT2D eigenvalue weighted by atomic mass is 9.78. The first-order chi connectivity index (χ1) is 11.2. The molecule has 4 rings (SSSR count). The Hall–Kier alpha value is -1.68. The molecule has 1 aliphatic heterocycles. The molecule has 1 saturated heterocycles. The number of hydrogen-bond donors (Lipinski definition) is 0. The predicted molar refractivity (Wildman–Crippen MR) is 91.6 cm³/mol. The van der Waals surface area contributed by atoms with Gasteiger partial charge in [0.05, 0.1) is 5.69 Å². The number of aromatic nitrogens is 2. The Bertz CT molecular complexity index is 765.